The predicted octanol–water partition coefficient (Wildman–Crippen LogP) is 2.08. The summed E-state index contributed by atoms with van der Waals surface area (Å²) < 4.78 is 13.6. The van der Waals surface area contributed by atoms with Crippen molar-refractivity contribution in [2.45, 2.75) is 19.4 Å². The fourth-order valence-electron chi connectivity index (χ4n) is 1.53. The maximum atomic E-state index is 13.6. The van der Waals surface area contributed by atoms with E-state index in [0.717, 1.165) is 6.07 Å². The number of amides is 1. The first-order chi connectivity index (χ1) is 8.86. The van der Waals surface area contributed by atoms with Gasteiger partial charge in [0.25, 0.3) is 5.91 Å². The number of benzene rings is 1. The van der Waals surface area contributed by atoms with Crippen molar-refractivity contribution in [2.75, 3.05) is 7.05 Å². The van der Waals surface area contributed by atoms with Gasteiger partial charge in [-0.1, -0.05) is 16.8 Å². The third-order valence-corrected chi connectivity index (χ3v) is 3.01. The van der Waals surface area contributed by atoms with E-state index in [1.165, 1.54) is 24.1 Å². The van der Waals surface area contributed by atoms with Gasteiger partial charge in [0.15, 0.2) is 0 Å². The molecular formula is C12H15ClFN3O2. The van der Waals surface area contributed by atoms with Gasteiger partial charge in [0.05, 0.1) is 5.56 Å². The fraction of sp³-hybridized carbons (Fsp3) is 0.333. The third kappa shape index (κ3) is 3.82. The van der Waals surface area contributed by atoms with Crippen molar-refractivity contribution in [1.82, 2.24) is 4.90 Å². The highest BCUT2D eigenvalue weighted by atomic mass is 35.5. The molecule has 1 rings (SSSR count). The Bertz CT molecular complexity index is 508. The number of oxime groups is 1. The van der Waals surface area contributed by atoms with E-state index in [1.54, 1.807) is 6.92 Å². The average Bonchev–Trinajstić information content (AvgIpc) is 2.36. The smallest absolute Gasteiger partial charge is 0.256 e. The minimum Gasteiger partial charge on any atom is -0.409 e. The number of amidine groups is 1. The van der Waals surface area contributed by atoms with Crippen LogP contribution in [0.15, 0.2) is 23.4 Å². The van der Waals surface area contributed by atoms with Crippen molar-refractivity contribution in [3.8, 4) is 0 Å². The van der Waals surface area contributed by atoms with Gasteiger partial charge in [0.2, 0.25) is 0 Å². The maximum absolute atomic E-state index is 13.6. The van der Waals surface area contributed by atoms with Gasteiger partial charge < -0.3 is 15.8 Å². The fourth-order valence-corrected chi connectivity index (χ4v) is 1.69. The lowest BCUT2D eigenvalue weighted by Gasteiger charge is -2.24. The molecule has 0 aromatic heterocycles. The number of nitrogens with zero attached hydrogens (tertiary/aromatic N) is 2. The monoisotopic (exact) mass is 287 g/mol. The van der Waals surface area contributed by atoms with Crippen LogP contribution in [0.2, 0.25) is 5.02 Å². The lowest BCUT2D eigenvalue weighted by atomic mass is 10.1. The van der Waals surface area contributed by atoms with E-state index >= 15 is 0 Å². The van der Waals surface area contributed by atoms with E-state index in [9.17, 15) is 9.18 Å². The number of hydrogen-bond donors (Lipinski definition) is 2. The largest absolute Gasteiger partial charge is 0.409 e. The van der Waals surface area contributed by atoms with Crippen LogP contribution in [0, 0.1) is 5.82 Å². The first-order valence-electron chi connectivity index (χ1n) is 5.55. The summed E-state index contributed by atoms with van der Waals surface area (Å²) in [5.74, 6) is -1.17. The Kier molecular flexibility index (Phi) is 5.11. The number of halogens is 2. The predicted molar refractivity (Wildman–Crippen MR) is 71.0 cm³/mol. The molecule has 1 atom stereocenters. The molecule has 1 aromatic carbocycles. The van der Waals surface area contributed by atoms with Crippen LogP contribution < -0.4 is 5.73 Å². The second kappa shape index (κ2) is 6.38. The summed E-state index contributed by atoms with van der Waals surface area (Å²) in [5.41, 5.74) is 5.30. The van der Waals surface area contributed by atoms with Gasteiger partial charge >= 0.3 is 0 Å². The summed E-state index contributed by atoms with van der Waals surface area (Å²) >= 11 is 5.63. The van der Waals surface area contributed by atoms with E-state index in [1.807, 2.05) is 0 Å². The number of carbonyl (C=O) groups is 1. The van der Waals surface area contributed by atoms with Gasteiger partial charge in [-0.2, -0.15) is 0 Å². The Morgan fingerprint density at radius 1 is 1.63 bits per heavy atom. The van der Waals surface area contributed by atoms with Gasteiger partial charge in [0.1, 0.15) is 11.7 Å². The molecule has 19 heavy (non-hydrogen) atoms. The zero-order valence-electron chi connectivity index (χ0n) is 10.6. The molecule has 0 saturated heterocycles. The van der Waals surface area contributed by atoms with Crippen LogP contribution in [-0.4, -0.2) is 34.9 Å². The standard InChI is InChI=1S/C12H15ClFN3O2/c1-7(5-11(15)16-19)17(2)12(18)9-4-3-8(13)6-10(9)14/h3-4,6-7,19H,5H2,1-2H3,(H2,15,16). The van der Waals surface area contributed by atoms with Crippen molar-refractivity contribution in [2.24, 2.45) is 10.9 Å². The molecule has 0 radical (unpaired) electrons. The minimum absolute atomic E-state index is 0.00345. The molecule has 0 aliphatic carbocycles. The highest BCUT2D eigenvalue weighted by Crippen LogP contribution is 2.17. The molecular weight excluding hydrogens is 273 g/mol. The zero-order valence-corrected chi connectivity index (χ0v) is 11.4. The number of nitrogens with two attached hydrogens (primary N) is 1. The molecule has 104 valence electrons. The molecule has 5 nitrogen and oxygen atoms in total. The summed E-state index contributed by atoms with van der Waals surface area (Å²) in [5, 5.41) is 11.5. The van der Waals surface area contributed by atoms with Crippen LogP contribution in [0.3, 0.4) is 0 Å². The normalized spacial score (nSPS) is 13.2. The highest BCUT2D eigenvalue weighted by molar-refractivity contribution is 6.30. The van der Waals surface area contributed by atoms with E-state index in [-0.39, 0.29) is 28.9 Å². The highest BCUT2D eigenvalue weighted by Gasteiger charge is 2.21. The molecule has 1 amide bonds. The van der Waals surface area contributed by atoms with Crippen molar-refractivity contribution >= 4 is 23.3 Å². The molecule has 1 aromatic rings. The van der Waals surface area contributed by atoms with Gasteiger partial charge in [-0.25, -0.2) is 4.39 Å². The Morgan fingerprint density at radius 3 is 2.79 bits per heavy atom. The molecule has 1 unspecified atom stereocenters. The van der Waals surface area contributed by atoms with Crippen LogP contribution >= 0.6 is 11.6 Å². The van der Waals surface area contributed by atoms with E-state index in [4.69, 9.17) is 22.5 Å². The Morgan fingerprint density at radius 2 is 2.26 bits per heavy atom. The topological polar surface area (TPSA) is 78.9 Å². The molecule has 0 spiro atoms. The third-order valence-electron chi connectivity index (χ3n) is 2.78. The summed E-state index contributed by atoms with van der Waals surface area (Å²) in [6, 6.07) is 3.52. The number of carbonyl (C=O) groups excluding carboxylic acids is 1. The molecule has 3 N–H and O–H groups in total. The lowest BCUT2D eigenvalue weighted by Crippen LogP contribution is -2.38. The molecule has 0 bridgehead atoms. The molecule has 0 saturated carbocycles. The van der Waals surface area contributed by atoms with Crippen LogP contribution in [0.4, 0.5) is 4.39 Å². The number of hydrogen-bond acceptors (Lipinski definition) is 3. The second-order valence-corrected chi connectivity index (χ2v) is 4.62. The maximum Gasteiger partial charge on any atom is 0.256 e. The van der Waals surface area contributed by atoms with Crippen LogP contribution in [0.5, 0.6) is 0 Å². The van der Waals surface area contributed by atoms with Crippen molar-refractivity contribution < 1.29 is 14.4 Å². The van der Waals surface area contributed by atoms with Crippen molar-refractivity contribution in [3.63, 3.8) is 0 Å². The second-order valence-electron chi connectivity index (χ2n) is 4.18. The van der Waals surface area contributed by atoms with Crippen LogP contribution in [0.25, 0.3) is 0 Å². The lowest BCUT2D eigenvalue weighted by molar-refractivity contribution is 0.0742. The Balaban J connectivity index is 2.87. The van der Waals surface area contributed by atoms with E-state index in [0.29, 0.717) is 0 Å². The van der Waals surface area contributed by atoms with E-state index < -0.39 is 11.7 Å². The van der Waals surface area contributed by atoms with Crippen LogP contribution in [-0.2, 0) is 0 Å². The zero-order chi connectivity index (χ0) is 14.6. The molecule has 0 fully saturated rings. The quantitative estimate of drug-likeness (QED) is 0.385. The summed E-state index contributed by atoms with van der Waals surface area (Å²) in [6.45, 7) is 1.71. The van der Waals surface area contributed by atoms with Gasteiger partial charge in [-0.15, -0.1) is 0 Å². The SMILES string of the molecule is CC(CC(N)=NO)N(C)C(=O)c1ccc(Cl)cc1F. The first kappa shape index (κ1) is 15.2. The van der Waals surface area contributed by atoms with Crippen molar-refractivity contribution in [3.05, 3.63) is 34.6 Å². The first-order valence-corrected chi connectivity index (χ1v) is 5.93. The van der Waals surface area contributed by atoms with Gasteiger partial charge in [-0.05, 0) is 25.1 Å². The molecule has 0 aliphatic rings. The van der Waals surface area contributed by atoms with E-state index in [2.05, 4.69) is 5.16 Å². The summed E-state index contributed by atoms with van der Waals surface area (Å²) in [6.07, 6.45) is 0.188. The van der Waals surface area contributed by atoms with Crippen LogP contribution in [0.1, 0.15) is 23.7 Å². The molecule has 0 heterocycles. The van der Waals surface area contributed by atoms with Crippen molar-refractivity contribution in [1.29, 1.82) is 0 Å². The van der Waals surface area contributed by atoms with Gasteiger partial charge in [0, 0.05) is 24.5 Å². The minimum atomic E-state index is -0.680. The summed E-state index contributed by atoms with van der Waals surface area (Å²) in [7, 11) is 1.52. The number of rotatable bonds is 4. The van der Waals surface area contributed by atoms with Gasteiger partial charge in [-0.3, -0.25) is 4.79 Å². The Labute approximate surface area is 115 Å². The Hall–Kier alpha value is -1.82. The summed E-state index contributed by atoms with van der Waals surface area (Å²) in [4.78, 5) is 13.4. The molecule has 7 heteroatoms. The molecule has 0 aliphatic heterocycles. The average molecular weight is 288 g/mol.